The number of aliphatic hydroxyl groups is 1. The number of hydrazine groups is 1. The largest absolute Gasteiger partial charge is 0.383 e. The second-order valence-corrected chi connectivity index (χ2v) is 1.76. The van der Waals surface area contributed by atoms with Gasteiger partial charge >= 0.3 is 0 Å². The van der Waals surface area contributed by atoms with Crippen molar-refractivity contribution >= 4 is 11.8 Å². The highest BCUT2D eigenvalue weighted by atomic mass is 16.3. The summed E-state index contributed by atoms with van der Waals surface area (Å²) in [6.45, 7) is 0. The molecule has 1 aliphatic heterocycles. The molecule has 1 rings (SSSR count). The molecule has 3 N–H and O–H groups in total. The van der Waals surface area contributed by atoms with E-state index in [1.165, 1.54) is 0 Å². The molecule has 1 fully saturated rings. The molecule has 2 amide bonds. The van der Waals surface area contributed by atoms with Crippen LogP contribution in [0.2, 0.25) is 0 Å². The molecule has 0 spiro atoms. The summed E-state index contributed by atoms with van der Waals surface area (Å²) in [5.41, 5.74) is 4.06. The Morgan fingerprint density at radius 3 is 2.56 bits per heavy atom. The standard InChI is InChI=1S/C4H6N2O3/c7-2-1-3(8)5-6-4(2)9/h2,7H,1H2,(H,5,8)(H,6,9). The van der Waals surface area contributed by atoms with Gasteiger partial charge in [0.25, 0.3) is 5.91 Å². The van der Waals surface area contributed by atoms with Gasteiger partial charge in [-0.3, -0.25) is 20.4 Å². The number of aliphatic hydroxyl groups excluding tert-OH is 1. The summed E-state index contributed by atoms with van der Waals surface area (Å²) in [7, 11) is 0. The van der Waals surface area contributed by atoms with Crippen molar-refractivity contribution in [3.63, 3.8) is 0 Å². The first kappa shape index (κ1) is 6.03. The zero-order chi connectivity index (χ0) is 6.85. The van der Waals surface area contributed by atoms with Crippen molar-refractivity contribution in [2.24, 2.45) is 0 Å². The summed E-state index contributed by atoms with van der Waals surface area (Å²) in [6, 6.07) is 0. The van der Waals surface area contributed by atoms with Crippen LogP contribution in [0, 0.1) is 0 Å². The zero-order valence-electron chi connectivity index (χ0n) is 4.55. The highest BCUT2D eigenvalue weighted by molar-refractivity contribution is 5.92. The average Bonchev–Trinajstić information content (AvgIpc) is 1.80. The molecular formula is C4H6N2O3. The quantitative estimate of drug-likeness (QED) is 0.351. The van der Waals surface area contributed by atoms with Crippen LogP contribution in [0.25, 0.3) is 0 Å². The van der Waals surface area contributed by atoms with Crippen molar-refractivity contribution in [2.75, 3.05) is 0 Å². The highest BCUT2D eigenvalue weighted by Gasteiger charge is 2.23. The molecule has 1 aliphatic rings. The zero-order valence-corrected chi connectivity index (χ0v) is 4.55. The van der Waals surface area contributed by atoms with Gasteiger partial charge in [0.05, 0.1) is 6.42 Å². The number of carbonyl (C=O) groups is 2. The Hall–Kier alpha value is -1.10. The molecule has 1 heterocycles. The third kappa shape index (κ3) is 1.17. The summed E-state index contributed by atoms with van der Waals surface area (Å²) in [5.74, 6) is -0.934. The van der Waals surface area contributed by atoms with Crippen molar-refractivity contribution in [3.8, 4) is 0 Å². The maximum absolute atomic E-state index is 10.4. The van der Waals surface area contributed by atoms with E-state index >= 15 is 0 Å². The number of hydrogen-bond acceptors (Lipinski definition) is 3. The molecule has 9 heavy (non-hydrogen) atoms. The molecule has 0 aromatic heterocycles. The van der Waals surface area contributed by atoms with E-state index in [2.05, 4.69) is 5.43 Å². The van der Waals surface area contributed by atoms with Crippen LogP contribution >= 0.6 is 0 Å². The maximum Gasteiger partial charge on any atom is 0.267 e. The molecule has 5 heteroatoms. The van der Waals surface area contributed by atoms with Crippen molar-refractivity contribution < 1.29 is 14.7 Å². The molecule has 0 bridgehead atoms. The molecule has 0 aliphatic carbocycles. The Morgan fingerprint density at radius 2 is 2.11 bits per heavy atom. The van der Waals surface area contributed by atoms with Crippen LogP contribution in [0.3, 0.4) is 0 Å². The average molecular weight is 130 g/mol. The van der Waals surface area contributed by atoms with Gasteiger partial charge in [0, 0.05) is 0 Å². The van der Waals surface area contributed by atoms with Crippen LogP contribution in [0.1, 0.15) is 6.42 Å². The van der Waals surface area contributed by atoms with Crippen molar-refractivity contribution in [3.05, 3.63) is 0 Å². The molecule has 1 atom stereocenters. The monoisotopic (exact) mass is 130 g/mol. The van der Waals surface area contributed by atoms with Gasteiger partial charge in [-0.05, 0) is 0 Å². The van der Waals surface area contributed by atoms with E-state index in [-0.39, 0.29) is 12.3 Å². The van der Waals surface area contributed by atoms with Gasteiger partial charge in [-0.15, -0.1) is 0 Å². The minimum Gasteiger partial charge on any atom is -0.383 e. The van der Waals surface area contributed by atoms with Crippen LogP contribution in [0.15, 0.2) is 0 Å². The lowest BCUT2D eigenvalue weighted by atomic mass is 10.2. The van der Waals surface area contributed by atoms with Gasteiger partial charge in [0.2, 0.25) is 5.91 Å². The highest BCUT2D eigenvalue weighted by Crippen LogP contribution is 1.94. The van der Waals surface area contributed by atoms with Gasteiger partial charge in [0.15, 0.2) is 0 Å². The molecular weight excluding hydrogens is 124 g/mol. The first-order valence-corrected chi connectivity index (χ1v) is 2.47. The van der Waals surface area contributed by atoms with Crippen molar-refractivity contribution in [1.29, 1.82) is 0 Å². The summed E-state index contributed by atoms with van der Waals surface area (Å²) in [6.07, 6.45) is -1.33. The van der Waals surface area contributed by atoms with Crippen LogP contribution in [-0.4, -0.2) is 23.0 Å². The number of amides is 2. The van der Waals surface area contributed by atoms with Gasteiger partial charge in [-0.25, -0.2) is 0 Å². The first-order chi connectivity index (χ1) is 4.20. The van der Waals surface area contributed by atoms with Crippen LogP contribution in [0.4, 0.5) is 0 Å². The molecule has 1 unspecified atom stereocenters. The minimum absolute atomic E-state index is 0.147. The molecule has 5 nitrogen and oxygen atoms in total. The third-order valence-electron chi connectivity index (χ3n) is 1.01. The normalized spacial score (nSPS) is 27.0. The van der Waals surface area contributed by atoms with E-state index in [0.29, 0.717) is 0 Å². The van der Waals surface area contributed by atoms with E-state index in [4.69, 9.17) is 5.11 Å². The summed E-state index contributed by atoms with van der Waals surface area (Å²) >= 11 is 0. The number of hydrogen-bond donors (Lipinski definition) is 3. The van der Waals surface area contributed by atoms with Crippen molar-refractivity contribution in [2.45, 2.75) is 12.5 Å². The second kappa shape index (κ2) is 2.02. The minimum atomic E-state index is -1.18. The molecule has 0 radical (unpaired) electrons. The van der Waals surface area contributed by atoms with Crippen LogP contribution in [0.5, 0.6) is 0 Å². The Kier molecular flexibility index (Phi) is 1.35. The molecule has 1 saturated heterocycles. The Labute approximate surface area is 51.0 Å². The third-order valence-corrected chi connectivity index (χ3v) is 1.01. The van der Waals surface area contributed by atoms with E-state index < -0.39 is 12.0 Å². The van der Waals surface area contributed by atoms with E-state index in [9.17, 15) is 9.59 Å². The smallest absolute Gasteiger partial charge is 0.267 e. The maximum atomic E-state index is 10.4. The fourth-order valence-electron chi connectivity index (χ4n) is 0.534. The summed E-state index contributed by atoms with van der Waals surface area (Å²) in [5, 5.41) is 8.68. The number of rotatable bonds is 0. The SMILES string of the molecule is O=C1CC(O)C(=O)NN1. The molecule has 50 valence electrons. The van der Waals surface area contributed by atoms with Gasteiger partial charge in [0.1, 0.15) is 6.10 Å². The fraction of sp³-hybridized carbons (Fsp3) is 0.500. The fourth-order valence-corrected chi connectivity index (χ4v) is 0.534. The molecule has 0 saturated carbocycles. The first-order valence-electron chi connectivity index (χ1n) is 2.47. The Bertz CT molecular complexity index is 156. The predicted molar refractivity (Wildman–Crippen MR) is 26.9 cm³/mol. The number of nitrogens with one attached hydrogen (secondary N) is 2. The Morgan fingerprint density at radius 1 is 1.44 bits per heavy atom. The van der Waals surface area contributed by atoms with E-state index in [1.807, 2.05) is 5.43 Å². The lowest BCUT2D eigenvalue weighted by molar-refractivity contribution is -0.142. The molecule has 0 aromatic rings. The van der Waals surface area contributed by atoms with Gasteiger partial charge < -0.3 is 5.11 Å². The van der Waals surface area contributed by atoms with E-state index in [1.54, 1.807) is 0 Å². The Balaban J connectivity index is 2.54. The van der Waals surface area contributed by atoms with Crippen LogP contribution < -0.4 is 10.9 Å². The van der Waals surface area contributed by atoms with Gasteiger partial charge in [-0.2, -0.15) is 0 Å². The molecule has 0 aromatic carbocycles. The lowest BCUT2D eigenvalue weighted by Crippen LogP contribution is -2.53. The topological polar surface area (TPSA) is 78.4 Å². The lowest BCUT2D eigenvalue weighted by Gasteiger charge is -2.16. The van der Waals surface area contributed by atoms with Crippen LogP contribution in [-0.2, 0) is 9.59 Å². The predicted octanol–water partition coefficient (Wildman–Crippen LogP) is -2.10. The second-order valence-electron chi connectivity index (χ2n) is 1.76. The number of carbonyl (C=O) groups excluding carboxylic acids is 2. The van der Waals surface area contributed by atoms with Crippen molar-refractivity contribution in [1.82, 2.24) is 10.9 Å². The van der Waals surface area contributed by atoms with E-state index in [0.717, 1.165) is 0 Å². The summed E-state index contributed by atoms with van der Waals surface area (Å²) in [4.78, 5) is 20.7. The van der Waals surface area contributed by atoms with Gasteiger partial charge in [-0.1, -0.05) is 0 Å². The summed E-state index contributed by atoms with van der Waals surface area (Å²) < 4.78 is 0.